The van der Waals surface area contributed by atoms with Gasteiger partial charge in [0, 0.05) is 12.1 Å². The Morgan fingerprint density at radius 2 is 1.38 bits per heavy atom. The summed E-state index contributed by atoms with van der Waals surface area (Å²) in [6.45, 7) is 12.9. The quantitative estimate of drug-likeness (QED) is 0.469. The molecular weight excluding hydrogens is 362 g/mol. The first-order valence-electron chi connectivity index (χ1n) is 7.47. The first kappa shape index (κ1) is 32.8. The summed E-state index contributed by atoms with van der Waals surface area (Å²) in [6, 6.07) is 23.2. The summed E-state index contributed by atoms with van der Waals surface area (Å²) in [5, 5.41) is 6.25. The Labute approximate surface area is 193 Å². The molecule has 0 aromatic heterocycles. The van der Waals surface area contributed by atoms with Gasteiger partial charge in [-0.1, -0.05) is 5.56 Å². The Morgan fingerprint density at radius 1 is 0.923 bits per heavy atom. The largest absolute Gasteiger partial charge is 1.00 e. The van der Waals surface area contributed by atoms with Crippen LogP contribution in [0.25, 0.3) is 0 Å². The summed E-state index contributed by atoms with van der Waals surface area (Å²) in [7, 11) is 0. The number of amides is 1. The molecule has 6 heteroatoms. The molecule has 132 valence electrons. The Morgan fingerprint density at radius 3 is 1.65 bits per heavy atom. The fraction of sp³-hybridized carbons (Fsp3) is 0.300. The van der Waals surface area contributed by atoms with Crippen LogP contribution in [-0.4, -0.2) is 22.9 Å². The molecule has 0 aliphatic rings. The monoisotopic (exact) mass is 384 g/mol. The van der Waals surface area contributed by atoms with Crippen LogP contribution in [0, 0.1) is 24.0 Å². The van der Waals surface area contributed by atoms with Crippen molar-refractivity contribution in [3.63, 3.8) is 0 Å². The zero-order chi connectivity index (χ0) is 17.7. The molecule has 2 aromatic rings. The molecule has 0 spiro atoms. The van der Waals surface area contributed by atoms with Crippen molar-refractivity contribution in [3.05, 3.63) is 78.9 Å². The summed E-state index contributed by atoms with van der Waals surface area (Å²) in [5.74, 6) is 0.0561. The Kier molecular flexibility index (Phi) is 25.7. The number of carbonyl (C=O) groups is 1. The number of hydrogen-bond acceptors (Lipinski definition) is 2. The maximum Gasteiger partial charge on any atom is 1.00 e. The van der Waals surface area contributed by atoms with Crippen molar-refractivity contribution >= 4 is 5.91 Å². The second-order valence-corrected chi connectivity index (χ2v) is 5.25. The average Bonchev–Trinajstić information content (AvgIpc) is 2.59. The standard InChI is InChI=1S/C13H18NO.C6H5.CN.Cu.2Li/c1-10(2)14(11(3)4)13(15)12-8-6-5-7-9-12;1-2-4-6-5-3-1;1-2;;;/h5-8,10-11H,1-4H3;1-5H;;;;/q3*-1;3*+1. The zero-order valence-corrected chi connectivity index (χ0v) is 17.4. The molecule has 0 fully saturated rings. The van der Waals surface area contributed by atoms with Crippen LogP contribution in [0.5, 0.6) is 0 Å². The van der Waals surface area contributed by atoms with Gasteiger partial charge in [-0.05, 0) is 27.7 Å². The Balaban J connectivity index is -0.000000188. The van der Waals surface area contributed by atoms with Crippen LogP contribution in [0.1, 0.15) is 38.1 Å². The van der Waals surface area contributed by atoms with Crippen molar-refractivity contribution < 1.29 is 59.6 Å². The Hall–Kier alpha value is -0.886. The maximum absolute atomic E-state index is 12.1. The maximum atomic E-state index is 12.1. The summed E-state index contributed by atoms with van der Waals surface area (Å²) in [4.78, 5) is 14.0. The summed E-state index contributed by atoms with van der Waals surface area (Å²) < 4.78 is 0. The van der Waals surface area contributed by atoms with Crippen LogP contribution < -0.4 is 37.7 Å². The third kappa shape index (κ3) is 13.3. The molecule has 26 heavy (non-hydrogen) atoms. The second-order valence-electron chi connectivity index (χ2n) is 5.25. The van der Waals surface area contributed by atoms with Crippen molar-refractivity contribution in [3.8, 4) is 0 Å². The van der Waals surface area contributed by atoms with Crippen LogP contribution in [0.3, 0.4) is 0 Å². The minimum absolute atomic E-state index is 0. The zero-order valence-electron chi connectivity index (χ0n) is 16.5. The van der Waals surface area contributed by atoms with Crippen LogP contribution in [0.2, 0.25) is 0 Å². The molecule has 0 aliphatic heterocycles. The molecule has 2 aromatic carbocycles. The van der Waals surface area contributed by atoms with Gasteiger partial charge in [0.15, 0.2) is 5.91 Å². The van der Waals surface area contributed by atoms with E-state index in [4.69, 9.17) is 11.8 Å². The van der Waals surface area contributed by atoms with Gasteiger partial charge in [-0.3, -0.25) is 0 Å². The van der Waals surface area contributed by atoms with E-state index >= 15 is 0 Å². The third-order valence-corrected chi connectivity index (χ3v) is 2.89. The van der Waals surface area contributed by atoms with Gasteiger partial charge in [-0.15, -0.1) is 30.3 Å². The van der Waals surface area contributed by atoms with E-state index in [0.29, 0.717) is 5.56 Å². The van der Waals surface area contributed by atoms with Crippen molar-refractivity contribution in [1.29, 1.82) is 5.26 Å². The van der Waals surface area contributed by atoms with E-state index in [-0.39, 0.29) is 72.8 Å². The number of rotatable bonds is 3. The molecule has 0 saturated carbocycles. The molecule has 0 bridgehead atoms. The first-order valence-corrected chi connectivity index (χ1v) is 7.47. The molecular formula is C20H23CuLi2N2O. The first-order chi connectivity index (χ1) is 11.0. The van der Waals surface area contributed by atoms with Crippen LogP contribution in [0.15, 0.2) is 54.6 Å². The van der Waals surface area contributed by atoms with Crippen molar-refractivity contribution in [2.24, 2.45) is 0 Å². The molecule has 0 saturated heterocycles. The number of nitrogens with zero attached hydrogens (tertiary/aromatic N) is 2. The minimum Gasteiger partial charge on any atom is -0.512 e. The molecule has 1 amide bonds. The molecule has 0 aliphatic carbocycles. The molecule has 2 rings (SSSR count). The normalized spacial score (nSPS) is 8.15. The van der Waals surface area contributed by atoms with Gasteiger partial charge in [-0.2, -0.15) is 36.4 Å². The van der Waals surface area contributed by atoms with E-state index in [1.807, 2.05) is 75.1 Å². The van der Waals surface area contributed by atoms with Crippen molar-refractivity contribution in [2.75, 3.05) is 0 Å². The van der Waals surface area contributed by atoms with E-state index < -0.39 is 0 Å². The molecule has 0 heterocycles. The van der Waals surface area contributed by atoms with E-state index in [0.717, 1.165) is 0 Å². The predicted octanol–water partition coefficient (Wildman–Crippen LogP) is -1.67. The van der Waals surface area contributed by atoms with E-state index in [2.05, 4.69) is 12.1 Å². The topological polar surface area (TPSA) is 44.1 Å². The summed E-state index contributed by atoms with van der Waals surface area (Å²) >= 11 is 0. The fourth-order valence-corrected chi connectivity index (χ4v) is 2.07. The van der Waals surface area contributed by atoms with Gasteiger partial charge in [-0.25, -0.2) is 0 Å². The second kappa shape index (κ2) is 20.4. The van der Waals surface area contributed by atoms with Crippen LogP contribution >= 0.6 is 0 Å². The summed E-state index contributed by atoms with van der Waals surface area (Å²) in [5.41, 5.74) is 0.639. The van der Waals surface area contributed by atoms with Gasteiger partial charge in [0.25, 0.3) is 0 Å². The number of benzene rings is 2. The predicted molar refractivity (Wildman–Crippen MR) is 92.0 cm³/mol. The van der Waals surface area contributed by atoms with Gasteiger partial charge in [0.05, 0.1) is 0 Å². The molecule has 0 atom stereocenters. The number of hydrogen-bond donors (Lipinski definition) is 0. The SMILES string of the molecule is CC(C)N(C(=O)c1[c-]cccc1)C(C)C.[C-]#N.[Cu+].[Li+].[Li+].[c-]1ccccc1. The van der Waals surface area contributed by atoms with Crippen molar-refractivity contribution in [1.82, 2.24) is 4.90 Å². The minimum atomic E-state index is 0. The van der Waals surface area contributed by atoms with Gasteiger partial charge < -0.3 is 21.5 Å². The molecule has 0 unspecified atom stereocenters. The van der Waals surface area contributed by atoms with Gasteiger partial charge in [0.2, 0.25) is 0 Å². The van der Waals surface area contributed by atoms with Crippen LogP contribution in [-0.2, 0) is 17.1 Å². The third-order valence-electron chi connectivity index (χ3n) is 2.89. The molecule has 0 radical (unpaired) electrons. The molecule has 0 N–H and O–H groups in total. The van der Waals surface area contributed by atoms with E-state index in [1.165, 1.54) is 0 Å². The van der Waals surface area contributed by atoms with Crippen molar-refractivity contribution in [2.45, 2.75) is 39.8 Å². The van der Waals surface area contributed by atoms with Gasteiger partial charge >= 0.3 is 54.8 Å². The van der Waals surface area contributed by atoms with Crippen LogP contribution in [0.4, 0.5) is 0 Å². The fourth-order valence-electron chi connectivity index (χ4n) is 2.07. The molecule has 3 nitrogen and oxygen atoms in total. The van der Waals surface area contributed by atoms with E-state index in [1.54, 1.807) is 12.1 Å². The summed E-state index contributed by atoms with van der Waals surface area (Å²) in [6.07, 6.45) is 0. The Bertz CT molecular complexity index is 529. The smallest absolute Gasteiger partial charge is 0.512 e. The average molecular weight is 385 g/mol. The number of carbonyl (C=O) groups excluding carboxylic acids is 1. The van der Waals surface area contributed by atoms with E-state index in [9.17, 15) is 4.79 Å². The van der Waals surface area contributed by atoms with Gasteiger partial charge in [0.1, 0.15) is 0 Å².